The molecule has 17 heavy (non-hydrogen) atoms. The van der Waals surface area contributed by atoms with Crippen LogP contribution in [0, 0.1) is 5.82 Å². The zero-order valence-electron chi connectivity index (χ0n) is 9.31. The number of halogens is 1. The standard InChI is InChI=1S/C11H13FO4S/c1-16-9-4-2-3-8(11(9)12)7-17(15)6-5-10(13)14/h2-4H,5-7H2,1H3,(H,13,14). The van der Waals surface area contributed by atoms with Gasteiger partial charge in [-0.1, -0.05) is 12.1 Å². The van der Waals surface area contributed by atoms with Crippen LogP contribution in [0.15, 0.2) is 18.2 Å². The molecule has 0 heterocycles. The third kappa shape index (κ3) is 4.14. The molecular formula is C11H13FO4S. The minimum Gasteiger partial charge on any atom is -0.494 e. The zero-order chi connectivity index (χ0) is 12.8. The third-order valence-electron chi connectivity index (χ3n) is 2.12. The van der Waals surface area contributed by atoms with Crippen molar-refractivity contribution in [3.63, 3.8) is 0 Å². The number of hydrogen-bond donors (Lipinski definition) is 1. The molecule has 0 fully saturated rings. The van der Waals surface area contributed by atoms with E-state index in [0.717, 1.165) is 0 Å². The summed E-state index contributed by atoms with van der Waals surface area (Å²) in [5.41, 5.74) is 0.271. The van der Waals surface area contributed by atoms with Crippen LogP contribution in [0.4, 0.5) is 4.39 Å². The quantitative estimate of drug-likeness (QED) is 0.843. The number of methoxy groups -OCH3 is 1. The Bertz CT molecular complexity index is 433. The lowest BCUT2D eigenvalue weighted by Gasteiger charge is -2.06. The molecule has 94 valence electrons. The Labute approximate surface area is 101 Å². The molecule has 1 aromatic rings. The van der Waals surface area contributed by atoms with E-state index in [0.29, 0.717) is 0 Å². The molecular weight excluding hydrogens is 247 g/mol. The van der Waals surface area contributed by atoms with Crippen LogP contribution in [0.3, 0.4) is 0 Å². The number of rotatable bonds is 6. The van der Waals surface area contributed by atoms with E-state index in [-0.39, 0.29) is 29.2 Å². The normalized spacial score (nSPS) is 12.1. The average molecular weight is 260 g/mol. The first kappa shape index (κ1) is 13.6. The highest BCUT2D eigenvalue weighted by Gasteiger charge is 2.12. The van der Waals surface area contributed by atoms with Gasteiger partial charge < -0.3 is 9.84 Å². The van der Waals surface area contributed by atoms with Crippen molar-refractivity contribution >= 4 is 16.8 Å². The minimum atomic E-state index is -1.39. The van der Waals surface area contributed by atoms with Crippen LogP contribution in [0.2, 0.25) is 0 Å². The summed E-state index contributed by atoms with van der Waals surface area (Å²) in [6.07, 6.45) is -0.182. The molecule has 1 N–H and O–H groups in total. The Morgan fingerprint density at radius 2 is 2.24 bits per heavy atom. The van der Waals surface area contributed by atoms with E-state index in [9.17, 15) is 13.4 Å². The Morgan fingerprint density at radius 1 is 1.53 bits per heavy atom. The topological polar surface area (TPSA) is 63.6 Å². The van der Waals surface area contributed by atoms with Gasteiger partial charge in [0.25, 0.3) is 0 Å². The Balaban J connectivity index is 2.68. The molecule has 0 aromatic heterocycles. The van der Waals surface area contributed by atoms with Crippen LogP contribution in [0.1, 0.15) is 12.0 Å². The lowest BCUT2D eigenvalue weighted by molar-refractivity contribution is -0.136. The molecule has 1 atom stereocenters. The summed E-state index contributed by atoms with van der Waals surface area (Å²) in [4.78, 5) is 10.3. The van der Waals surface area contributed by atoms with Gasteiger partial charge in [-0.3, -0.25) is 9.00 Å². The molecule has 0 aliphatic carbocycles. The third-order valence-corrected chi connectivity index (χ3v) is 3.42. The predicted molar refractivity (Wildman–Crippen MR) is 61.9 cm³/mol. The van der Waals surface area contributed by atoms with Crippen LogP contribution < -0.4 is 4.74 Å². The SMILES string of the molecule is COc1cccc(CS(=O)CCC(=O)O)c1F. The fourth-order valence-corrected chi connectivity index (χ4v) is 2.39. The average Bonchev–Trinajstić information content (AvgIpc) is 2.29. The Morgan fingerprint density at radius 3 is 2.82 bits per heavy atom. The molecule has 0 spiro atoms. The van der Waals surface area contributed by atoms with Gasteiger partial charge in [-0.15, -0.1) is 0 Å². The number of hydrogen-bond acceptors (Lipinski definition) is 3. The Kier molecular flexibility index (Phi) is 5.09. The van der Waals surface area contributed by atoms with Gasteiger partial charge in [-0.2, -0.15) is 0 Å². The molecule has 0 aliphatic heterocycles. The molecule has 0 radical (unpaired) electrons. The fourth-order valence-electron chi connectivity index (χ4n) is 1.27. The van der Waals surface area contributed by atoms with Crippen molar-refractivity contribution in [1.29, 1.82) is 0 Å². The molecule has 0 aliphatic rings. The summed E-state index contributed by atoms with van der Waals surface area (Å²) in [6.45, 7) is 0. The van der Waals surface area contributed by atoms with E-state index in [2.05, 4.69) is 0 Å². The van der Waals surface area contributed by atoms with Gasteiger partial charge in [0.05, 0.1) is 19.3 Å². The van der Waals surface area contributed by atoms with Crippen molar-refractivity contribution in [3.8, 4) is 5.75 Å². The smallest absolute Gasteiger partial charge is 0.304 e. The first-order chi connectivity index (χ1) is 8.04. The first-order valence-electron chi connectivity index (χ1n) is 4.92. The fraction of sp³-hybridized carbons (Fsp3) is 0.364. The summed E-state index contributed by atoms with van der Waals surface area (Å²) < 4.78 is 30.0. The van der Waals surface area contributed by atoms with Crippen molar-refractivity contribution < 1.29 is 23.2 Å². The molecule has 1 aromatic carbocycles. The van der Waals surface area contributed by atoms with E-state index in [1.165, 1.54) is 19.2 Å². The molecule has 0 amide bonds. The van der Waals surface area contributed by atoms with Crippen LogP contribution in [-0.2, 0) is 21.3 Å². The van der Waals surface area contributed by atoms with E-state index < -0.39 is 22.6 Å². The lowest BCUT2D eigenvalue weighted by atomic mass is 10.2. The maximum Gasteiger partial charge on any atom is 0.304 e. The van der Waals surface area contributed by atoms with Gasteiger partial charge in [-0.05, 0) is 6.07 Å². The summed E-state index contributed by atoms with van der Waals surface area (Å²) in [5.74, 6) is -1.44. The Hall–Kier alpha value is -1.43. The van der Waals surface area contributed by atoms with Crippen LogP contribution >= 0.6 is 0 Å². The summed E-state index contributed by atoms with van der Waals surface area (Å²) >= 11 is 0. The highest BCUT2D eigenvalue weighted by molar-refractivity contribution is 7.84. The molecule has 0 bridgehead atoms. The second kappa shape index (κ2) is 6.34. The van der Waals surface area contributed by atoms with Gasteiger partial charge >= 0.3 is 5.97 Å². The van der Waals surface area contributed by atoms with E-state index >= 15 is 0 Å². The molecule has 0 saturated carbocycles. The molecule has 1 rings (SSSR count). The van der Waals surface area contributed by atoms with E-state index in [1.54, 1.807) is 6.07 Å². The van der Waals surface area contributed by atoms with Gasteiger partial charge in [-0.25, -0.2) is 4.39 Å². The summed E-state index contributed by atoms with van der Waals surface area (Å²) in [5, 5.41) is 8.44. The van der Waals surface area contributed by atoms with E-state index in [4.69, 9.17) is 9.84 Å². The van der Waals surface area contributed by atoms with Crippen molar-refractivity contribution in [3.05, 3.63) is 29.6 Å². The predicted octanol–water partition coefficient (Wildman–Crippen LogP) is 1.56. The van der Waals surface area contributed by atoms with Gasteiger partial charge in [0.15, 0.2) is 11.6 Å². The summed E-state index contributed by atoms with van der Waals surface area (Å²) in [6, 6.07) is 4.58. The second-order valence-corrected chi connectivity index (χ2v) is 4.94. The lowest BCUT2D eigenvalue weighted by Crippen LogP contribution is -2.07. The largest absolute Gasteiger partial charge is 0.494 e. The molecule has 6 heteroatoms. The molecule has 1 unspecified atom stereocenters. The van der Waals surface area contributed by atoms with Crippen LogP contribution in [0.25, 0.3) is 0 Å². The second-order valence-electron chi connectivity index (χ2n) is 3.37. The number of carboxylic acid groups (broad SMARTS) is 1. The van der Waals surface area contributed by atoms with Crippen LogP contribution in [0.5, 0.6) is 5.75 Å². The van der Waals surface area contributed by atoms with Crippen molar-refractivity contribution in [2.75, 3.05) is 12.9 Å². The number of ether oxygens (including phenoxy) is 1. The van der Waals surface area contributed by atoms with Crippen molar-refractivity contribution in [2.24, 2.45) is 0 Å². The zero-order valence-corrected chi connectivity index (χ0v) is 10.1. The van der Waals surface area contributed by atoms with Crippen LogP contribution in [-0.4, -0.2) is 28.1 Å². The van der Waals surface area contributed by atoms with Gasteiger partial charge in [0.1, 0.15) is 0 Å². The number of carboxylic acids is 1. The highest BCUT2D eigenvalue weighted by atomic mass is 32.2. The van der Waals surface area contributed by atoms with Crippen molar-refractivity contribution in [1.82, 2.24) is 0 Å². The van der Waals surface area contributed by atoms with E-state index in [1.807, 2.05) is 0 Å². The first-order valence-corrected chi connectivity index (χ1v) is 6.41. The maximum absolute atomic E-state index is 13.7. The van der Waals surface area contributed by atoms with Crippen molar-refractivity contribution in [2.45, 2.75) is 12.2 Å². The summed E-state index contributed by atoms with van der Waals surface area (Å²) in [7, 11) is -0.0377. The molecule has 4 nitrogen and oxygen atoms in total. The van der Waals surface area contributed by atoms with Gasteiger partial charge in [0.2, 0.25) is 0 Å². The highest BCUT2D eigenvalue weighted by Crippen LogP contribution is 2.21. The molecule has 0 saturated heterocycles. The minimum absolute atomic E-state index is 0.00366. The monoisotopic (exact) mass is 260 g/mol. The number of aliphatic carboxylic acids is 1. The number of carbonyl (C=O) groups is 1. The van der Waals surface area contributed by atoms with Gasteiger partial charge in [0, 0.05) is 22.1 Å². The maximum atomic E-state index is 13.7. The number of benzene rings is 1.